The van der Waals surface area contributed by atoms with Gasteiger partial charge in [-0.25, -0.2) is 0 Å². The van der Waals surface area contributed by atoms with Crippen LogP contribution in [0.1, 0.15) is 44.7 Å². The topological polar surface area (TPSA) is 35.2 Å². The van der Waals surface area contributed by atoms with E-state index < -0.39 is 0 Å². The quantitative estimate of drug-likeness (QED) is 0.802. The van der Waals surface area contributed by atoms with E-state index >= 15 is 0 Å². The minimum Gasteiger partial charge on any atom is -0.493 e. The second kappa shape index (κ2) is 7.91. The summed E-state index contributed by atoms with van der Waals surface area (Å²) >= 11 is 3.55. The van der Waals surface area contributed by atoms with Crippen molar-refractivity contribution in [3.63, 3.8) is 0 Å². The molecule has 2 N–H and O–H groups in total. The van der Waals surface area contributed by atoms with Gasteiger partial charge in [-0.2, -0.15) is 0 Å². The summed E-state index contributed by atoms with van der Waals surface area (Å²) in [6.07, 6.45) is 2.93. The van der Waals surface area contributed by atoms with Crippen molar-refractivity contribution in [2.75, 3.05) is 6.61 Å². The van der Waals surface area contributed by atoms with E-state index in [0.29, 0.717) is 5.92 Å². The monoisotopic (exact) mass is 327 g/mol. The Morgan fingerprint density at radius 1 is 1.32 bits per heavy atom. The highest BCUT2D eigenvalue weighted by atomic mass is 79.9. The maximum absolute atomic E-state index is 6.08. The van der Waals surface area contributed by atoms with E-state index in [-0.39, 0.29) is 6.04 Å². The fourth-order valence-corrected chi connectivity index (χ4v) is 2.60. The van der Waals surface area contributed by atoms with Gasteiger partial charge in [-0.1, -0.05) is 36.7 Å². The van der Waals surface area contributed by atoms with Crippen LogP contribution in [0.5, 0.6) is 5.75 Å². The second-order valence-corrected chi connectivity index (χ2v) is 6.53. The van der Waals surface area contributed by atoms with E-state index in [9.17, 15) is 0 Å². The number of benzene rings is 1. The van der Waals surface area contributed by atoms with Gasteiger partial charge >= 0.3 is 0 Å². The first-order valence-corrected chi connectivity index (χ1v) is 7.90. The first kappa shape index (κ1) is 16.5. The maximum Gasteiger partial charge on any atom is 0.125 e. The molecule has 0 saturated carbocycles. The van der Waals surface area contributed by atoms with E-state index in [1.165, 1.54) is 11.1 Å². The molecule has 2 nitrogen and oxygen atoms in total. The van der Waals surface area contributed by atoms with E-state index in [2.05, 4.69) is 55.8 Å². The Morgan fingerprint density at radius 2 is 2.00 bits per heavy atom. The molecule has 0 aromatic heterocycles. The molecule has 1 aromatic rings. The number of hydrogen-bond donors (Lipinski definition) is 1. The van der Waals surface area contributed by atoms with Gasteiger partial charge in [0.1, 0.15) is 5.75 Å². The third kappa shape index (κ3) is 5.53. The number of nitrogens with two attached hydrogens (primary N) is 1. The predicted octanol–water partition coefficient (Wildman–Crippen LogP) is 4.46. The Kier molecular flexibility index (Phi) is 6.87. The number of hydrogen-bond acceptors (Lipinski definition) is 2. The lowest BCUT2D eigenvalue weighted by atomic mass is 10.0. The zero-order chi connectivity index (χ0) is 14.4. The smallest absolute Gasteiger partial charge is 0.125 e. The molecule has 0 saturated heterocycles. The molecule has 0 heterocycles. The molecule has 108 valence electrons. The average Bonchev–Trinajstić information content (AvgIpc) is 2.31. The van der Waals surface area contributed by atoms with Crippen molar-refractivity contribution in [1.29, 1.82) is 0 Å². The molecular formula is C16H26BrNO. The summed E-state index contributed by atoms with van der Waals surface area (Å²) in [5.74, 6) is 1.69. The SMILES string of the molecule is CCC(N)Cc1cc(Br)cc(C)c1OCCC(C)C. The van der Waals surface area contributed by atoms with Crippen molar-refractivity contribution in [3.05, 3.63) is 27.7 Å². The van der Waals surface area contributed by atoms with Crippen molar-refractivity contribution >= 4 is 15.9 Å². The summed E-state index contributed by atoms with van der Waals surface area (Å²) in [5, 5.41) is 0. The van der Waals surface area contributed by atoms with Crippen LogP contribution in [0, 0.1) is 12.8 Å². The maximum atomic E-state index is 6.08. The van der Waals surface area contributed by atoms with E-state index in [1.807, 2.05) is 0 Å². The molecule has 0 aliphatic heterocycles. The third-order valence-corrected chi connectivity index (χ3v) is 3.72. The first-order valence-electron chi connectivity index (χ1n) is 7.11. The summed E-state index contributed by atoms with van der Waals surface area (Å²) in [4.78, 5) is 0. The van der Waals surface area contributed by atoms with Gasteiger partial charge in [0.15, 0.2) is 0 Å². The highest BCUT2D eigenvalue weighted by Gasteiger charge is 2.12. The van der Waals surface area contributed by atoms with Crippen molar-refractivity contribution < 1.29 is 4.74 Å². The molecule has 0 bridgehead atoms. The van der Waals surface area contributed by atoms with Crippen LogP contribution in [0.2, 0.25) is 0 Å². The Labute approximate surface area is 125 Å². The third-order valence-electron chi connectivity index (χ3n) is 3.26. The van der Waals surface area contributed by atoms with Gasteiger partial charge < -0.3 is 10.5 Å². The van der Waals surface area contributed by atoms with Gasteiger partial charge in [0, 0.05) is 10.5 Å². The molecule has 0 aliphatic carbocycles. The van der Waals surface area contributed by atoms with Crippen molar-refractivity contribution in [1.82, 2.24) is 0 Å². The summed E-state index contributed by atoms with van der Waals surface area (Å²) in [7, 11) is 0. The van der Waals surface area contributed by atoms with E-state index in [0.717, 1.165) is 36.1 Å². The van der Waals surface area contributed by atoms with Crippen LogP contribution in [-0.2, 0) is 6.42 Å². The van der Waals surface area contributed by atoms with Gasteiger partial charge in [0.2, 0.25) is 0 Å². The fraction of sp³-hybridized carbons (Fsp3) is 0.625. The van der Waals surface area contributed by atoms with Crippen LogP contribution in [0.15, 0.2) is 16.6 Å². The van der Waals surface area contributed by atoms with Gasteiger partial charge in [-0.05, 0) is 55.4 Å². The molecule has 1 aromatic carbocycles. The molecular weight excluding hydrogens is 302 g/mol. The van der Waals surface area contributed by atoms with Crippen LogP contribution < -0.4 is 10.5 Å². The molecule has 1 unspecified atom stereocenters. The van der Waals surface area contributed by atoms with Crippen LogP contribution in [0.25, 0.3) is 0 Å². The molecule has 0 amide bonds. The van der Waals surface area contributed by atoms with Crippen molar-refractivity contribution in [2.24, 2.45) is 11.7 Å². The summed E-state index contributed by atoms with van der Waals surface area (Å²) < 4.78 is 7.10. The average molecular weight is 328 g/mol. The van der Waals surface area contributed by atoms with Crippen LogP contribution in [0.3, 0.4) is 0 Å². The molecule has 1 rings (SSSR count). The highest BCUT2D eigenvalue weighted by molar-refractivity contribution is 9.10. The summed E-state index contributed by atoms with van der Waals surface area (Å²) in [5.41, 5.74) is 8.47. The lowest BCUT2D eigenvalue weighted by molar-refractivity contribution is 0.284. The van der Waals surface area contributed by atoms with Crippen LogP contribution in [0.4, 0.5) is 0 Å². The van der Waals surface area contributed by atoms with Crippen molar-refractivity contribution in [3.8, 4) is 5.75 Å². The Bertz CT molecular complexity index is 404. The molecule has 0 aliphatic rings. The summed E-state index contributed by atoms with van der Waals surface area (Å²) in [6, 6.07) is 4.43. The highest BCUT2D eigenvalue weighted by Crippen LogP contribution is 2.29. The number of ether oxygens (including phenoxy) is 1. The Morgan fingerprint density at radius 3 is 2.58 bits per heavy atom. The van der Waals surface area contributed by atoms with Gasteiger partial charge in [0.05, 0.1) is 6.61 Å². The number of rotatable bonds is 7. The lowest BCUT2D eigenvalue weighted by Crippen LogP contribution is -2.22. The second-order valence-electron chi connectivity index (χ2n) is 5.61. The molecule has 0 fully saturated rings. The van der Waals surface area contributed by atoms with Crippen LogP contribution in [-0.4, -0.2) is 12.6 Å². The molecule has 3 heteroatoms. The van der Waals surface area contributed by atoms with Gasteiger partial charge in [-0.3, -0.25) is 0 Å². The number of aryl methyl sites for hydroxylation is 1. The minimum atomic E-state index is 0.196. The molecule has 0 radical (unpaired) electrons. The fourth-order valence-electron chi connectivity index (χ4n) is 1.98. The largest absolute Gasteiger partial charge is 0.493 e. The van der Waals surface area contributed by atoms with Gasteiger partial charge in [0.25, 0.3) is 0 Å². The van der Waals surface area contributed by atoms with E-state index in [1.54, 1.807) is 0 Å². The van der Waals surface area contributed by atoms with Gasteiger partial charge in [-0.15, -0.1) is 0 Å². The van der Waals surface area contributed by atoms with E-state index in [4.69, 9.17) is 10.5 Å². The summed E-state index contributed by atoms with van der Waals surface area (Å²) in [6.45, 7) is 9.41. The normalized spacial score (nSPS) is 12.8. The zero-order valence-corrected chi connectivity index (χ0v) is 14.1. The predicted molar refractivity (Wildman–Crippen MR) is 85.8 cm³/mol. The first-order chi connectivity index (χ1) is 8.93. The standard InChI is InChI=1S/C16H26BrNO/c1-5-15(18)10-13-9-14(17)8-12(4)16(13)19-7-6-11(2)3/h8-9,11,15H,5-7,10,18H2,1-4H3. The molecule has 19 heavy (non-hydrogen) atoms. The van der Waals surface area contributed by atoms with Crippen molar-refractivity contribution in [2.45, 2.75) is 53.0 Å². The Hall–Kier alpha value is -0.540. The molecule has 1 atom stereocenters. The Balaban J connectivity index is 2.86. The van der Waals surface area contributed by atoms with Crippen LogP contribution >= 0.6 is 15.9 Å². The minimum absolute atomic E-state index is 0.196. The molecule has 0 spiro atoms. The lowest BCUT2D eigenvalue weighted by Gasteiger charge is -2.18. The number of halogens is 1. The zero-order valence-electron chi connectivity index (χ0n) is 12.5.